The van der Waals surface area contributed by atoms with Gasteiger partial charge in [-0.3, -0.25) is 4.98 Å². The van der Waals surface area contributed by atoms with E-state index in [0.29, 0.717) is 0 Å². The number of nitrogens with one attached hydrogen (secondary N) is 1. The summed E-state index contributed by atoms with van der Waals surface area (Å²) in [5.74, 6) is 0.836. The topological polar surface area (TPSA) is 24.9 Å². The number of hydrogen-bond donors (Lipinski definition) is 1. The fourth-order valence-electron chi connectivity index (χ4n) is 2.23. The molecule has 0 radical (unpaired) electrons. The second kappa shape index (κ2) is 5.32. The quantitative estimate of drug-likeness (QED) is 0.865. The third-order valence-electron chi connectivity index (χ3n) is 3.38. The molecule has 2 aromatic rings. The number of benzene rings is 1. The molecule has 2 heteroatoms. The first-order valence-electron chi connectivity index (χ1n) is 6.60. The number of nitrogens with zero attached hydrogens (tertiary/aromatic N) is 1. The minimum atomic E-state index is 0.836. The molecule has 0 saturated heterocycles. The highest BCUT2D eigenvalue weighted by atomic mass is 14.8. The molecule has 1 fully saturated rings. The van der Waals surface area contributed by atoms with E-state index >= 15 is 0 Å². The lowest BCUT2D eigenvalue weighted by molar-refractivity contribution is 0.690. The van der Waals surface area contributed by atoms with Gasteiger partial charge in [0.2, 0.25) is 0 Å². The summed E-state index contributed by atoms with van der Waals surface area (Å²) in [4.78, 5) is 4.12. The first kappa shape index (κ1) is 11.4. The van der Waals surface area contributed by atoms with Gasteiger partial charge in [0.05, 0.1) is 0 Å². The zero-order chi connectivity index (χ0) is 12.2. The monoisotopic (exact) mass is 238 g/mol. The fraction of sp³-hybridized carbons (Fsp3) is 0.312. The van der Waals surface area contributed by atoms with Crippen molar-refractivity contribution in [1.82, 2.24) is 10.3 Å². The summed E-state index contributed by atoms with van der Waals surface area (Å²) in [5.41, 5.74) is 4.12. The van der Waals surface area contributed by atoms with E-state index < -0.39 is 0 Å². The molecule has 0 spiro atoms. The predicted octanol–water partition coefficient (Wildman–Crippen LogP) is 3.25. The fourth-order valence-corrected chi connectivity index (χ4v) is 2.23. The van der Waals surface area contributed by atoms with Gasteiger partial charge in [0.1, 0.15) is 0 Å². The molecule has 1 aliphatic rings. The van der Waals surface area contributed by atoms with Gasteiger partial charge in [0, 0.05) is 25.5 Å². The number of pyridine rings is 1. The Morgan fingerprint density at radius 1 is 1.06 bits per heavy atom. The third-order valence-corrected chi connectivity index (χ3v) is 3.38. The molecule has 1 aromatic heterocycles. The van der Waals surface area contributed by atoms with Crippen LogP contribution in [0, 0.1) is 0 Å². The molecule has 0 bridgehead atoms. The summed E-state index contributed by atoms with van der Waals surface area (Å²) < 4.78 is 0. The SMILES string of the molecule is c1cncc(CNCc2cccc(C3CC3)c2)c1. The maximum atomic E-state index is 4.12. The summed E-state index contributed by atoms with van der Waals surface area (Å²) in [6.45, 7) is 1.80. The van der Waals surface area contributed by atoms with Crippen LogP contribution in [0.5, 0.6) is 0 Å². The van der Waals surface area contributed by atoms with E-state index in [1.165, 1.54) is 29.5 Å². The molecule has 0 atom stereocenters. The Hall–Kier alpha value is -1.67. The molecule has 1 N–H and O–H groups in total. The second-order valence-electron chi connectivity index (χ2n) is 4.98. The average Bonchev–Trinajstić information content (AvgIpc) is 3.25. The molecule has 92 valence electrons. The van der Waals surface area contributed by atoms with Crippen molar-refractivity contribution in [3.63, 3.8) is 0 Å². The molecule has 1 heterocycles. The van der Waals surface area contributed by atoms with Crippen molar-refractivity contribution in [3.8, 4) is 0 Å². The number of rotatable bonds is 5. The van der Waals surface area contributed by atoms with Gasteiger partial charge in [0.15, 0.2) is 0 Å². The average molecular weight is 238 g/mol. The van der Waals surface area contributed by atoms with E-state index in [0.717, 1.165) is 19.0 Å². The van der Waals surface area contributed by atoms with Crippen molar-refractivity contribution in [1.29, 1.82) is 0 Å². The molecule has 1 aromatic carbocycles. The second-order valence-corrected chi connectivity index (χ2v) is 4.98. The van der Waals surface area contributed by atoms with Gasteiger partial charge in [0.25, 0.3) is 0 Å². The van der Waals surface area contributed by atoms with Crippen LogP contribution < -0.4 is 5.32 Å². The number of aromatic nitrogens is 1. The van der Waals surface area contributed by atoms with Crippen LogP contribution in [0.3, 0.4) is 0 Å². The van der Waals surface area contributed by atoms with Crippen LogP contribution in [0.2, 0.25) is 0 Å². The zero-order valence-electron chi connectivity index (χ0n) is 10.5. The van der Waals surface area contributed by atoms with Crippen LogP contribution in [0.15, 0.2) is 48.8 Å². The van der Waals surface area contributed by atoms with Gasteiger partial charge in [-0.25, -0.2) is 0 Å². The van der Waals surface area contributed by atoms with Crippen molar-refractivity contribution in [2.45, 2.75) is 31.8 Å². The van der Waals surface area contributed by atoms with Gasteiger partial charge in [-0.2, -0.15) is 0 Å². The third kappa shape index (κ3) is 2.96. The van der Waals surface area contributed by atoms with Crippen LogP contribution in [0.25, 0.3) is 0 Å². The minimum absolute atomic E-state index is 0.836. The van der Waals surface area contributed by atoms with Crippen LogP contribution in [0.1, 0.15) is 35.4 Å². The highest BCUT2D eigenvalue weighted by molar-refractivity contribution is 5.29. The maximum absolute atomic E-state index is 4.12. The summed E-state index contributed by atoms with van der Waals surface area (Å²) >= 11 is 0. The lowest BCUT2D eigenvalue weighted by Crippen LogP contribution is -2.12. The molecule has 0 aliphatic heterocycles. The van der Waals surface area contributed by atoms with E-state index in [-0.39, 0.29) is 0 Å². The van der Waals surface area contributed by atoms with Gasteiger partial charge in [-0.1, -0.05) is 30.3 Å². The van der Waals surface area contributed by atoms with Crippen molar-refractivity contribution in [2.75, 3.05) is 0 Å². The van der Waals surface area contributed by atoms with Crippen molar-refractivity contribution in [3.05, 3.63) is 65.5 Å². The molecule has 2 nitrogen and oxygen atoms in total. The van der Waals surface area contributed by atoms with Gasteiger partial charge in [-0.15, -0.1) is 0 Å². The molecule has 1 aliphatic carbocycles. The van der Waals surface area contributed by atoms with E-state index in [4.69, 9.17) is 0 Å². The largest absolute Gasteiger partial charge is 0.309 e. The molecule has 0 amide bonds. The Balaban J connectivity index is 1.55. The predicted molar refractivity (Wildman–Crippen MR) is 73.2 cm³/mol. The van der Waals surface area contributed by atoms with Crippen molar-refractivity contribution < 1.29 is 0 Å². The molecule has 18 heavy (non-hydrogen) atoms. The maximum Gasteiger partial charge on any atom is 0.0312 e. The van der Waals surface area contributed by atoms with E-state index in [1.54, 1.807) is 0 Å². The van der Waals surface area contributed by atoms with E-state index in [9.17, 15) is 0 Å². The van der Waals surface area contributed by atoms with Gasteiger partial charge < -0.3 is 5.32 Å². The van der Waals surface area contributed by atoms with Crippen LogP contribution >= 0.6 is 0 Å². The van der Waals surface area contributed by atoms with Crippen molar-refractivity contribution in [2.24, 2.45) is 0 Å². The molecular weight excluding hydrogens is 220 g/mol. The Labute approximate surface area is 108 Å². The molecule has 1 saturated carbocycles. The molecular formula is C16H18N2. The number of hydrogen-bond acceptors (Lipinski definition) is 2. The Bertz CT molecular complexity index is 504. The highest BCUT2D eigenvalue weighted by Gasteiger charge is 2.23. The minimum Gasteiger partial charge on any atom is -0.309 e. The summed E-state index contributed by atoms with van der Waals surface area (Å²) in [6, 6.07) is 13.0. The first-order chi connectivity index (χ1) is 8.92. The van der Waals surface area contributed by atoms with Crippen LogP contribution in [-0.4, -0.2) is 4.98 Å². The Morgan fingerprint density at radius 3 is 2.67 bits per heavy atom. The summed E-state index contributed by atoms with van der Waals surface area (Å²) in [7, 11) is 0. The van der Waals surface area contributed by atoms with Crippen LogP contribution in [-0.2, 0) is 13.1 Å². The van der Waals surface area contributed by atoms with Crippen molar-refractivity contribution >= 4 is 0 Å². The lowest BCUT2D eigenvalue weighted by atomic mass is 10.1. The Kier molecular flexibility index (Phi) is 3.37. The lowest BCUT2D eigenvalue weighted by Gasteiger charge is -2.06. The Morgan fingerprint density at radius 2 is 1.89 bits per heavy atom. The van der Waals surface area contributed by atoms with Gasteiger partial charge >= 0.3 is 0 Å². The molecule has 0 unspecified atom stereocenters. The first-order valence-corrected chi connectivity index (χ1v) is 6.60. The smallest absolute Gasteiger partial charge is 0.0312 e. The van der Waals surface area contributed by atoms with Crippen LogP contribution in [0.4, 0.5) is 0 Å². The zero-order valence-corrected chi connectivity index (χ0v) is 10.5. The molecule has 3 rings (SSSR count). The summed E-state index contributed by atoms with van der Waals surface area (Å²) in [6.07, 6.45) is 6.45. The summed E-state index contributed by atoms with van der Waals surface area (Å²) in [5, 5.41) is 3.46. The highest BCUT2D eigenvalue weighted by Crippen LogP contribution is 2.40. The van der Waals surface area contributed by atoms with E-state index in [2.05, 4.69) is 40.6 Å². The van der Waals surface area contributed by atoms with E-state index in [1.807, 2.05) is 18.5 Å². The normalized spacial score (nSPS) is 14.7. The van der Waals surface area contributed by atoms with Gasteiger partial charge in [-0.05, 0) is 41.5 Å². The standard InChI is InChI=1S/C16H18N2/c1-3-13(9-16(5-1)15-6-7-15)10-18-12-14-4-2-8-17-11-14/h1-5,8-9,11,15,18H,6-7,10,12H2.